The van der Waals surface area contributed by atoms with Crippen molar-refractivity contribution in [1.82, 2.24) is 4.57 Å². The van der Waals surface area contributed by atoms with E-state index in [4.69, 9.17) is 4.74 Å². The molecule has 0 N–H and O–H groups in total. The molecule has 2 aliphatic heterocycles. The molecule has 1 saturated heterocycles. The molecule has 2 nitrogen and oxygen atoms in total. The average molecular weight is 171 g/mol. The van der Waals surface area contributed by atoms with Crippen LogP contribution in [0.3, 0.4) is 0 Å². The highest BCUT2D eigenvalue weighted by Crippen LogP contribution is 2.47. The smallest absolute Gasteiger partial charge is 0.126 e. The largest absolute Gasteiger partial charge is 0.361 e. The minimum absolute atomic E-state index is 0.410. The lowest BCUT2D eigenvalue weighted by atomic mass is 10.2. The third kappa shape index (κ3) is 0.639. The van der Waals surface area contributed by atoms with Gasteiger partial charge in [-0.25, -0.2) is 0 Å². The van der Waals surface area contributed by atoms with Gasteiger partial charge >= 0.3 is 0 Å². The fraction of sp³-hybridized carbons (Fsp3) is 0.273. The van der Waals surface area contributed by atoms with Gasteiger partial charge in [0.05, 0.1) is 12.2 Å². The molecule has 0 saturated carbocycles. The standard InChI is InChI=1S/C11H9NO/c1-2-4-8-7(3-1)5-9-11-10(13-11)6-12(8)9/h1-5,10-11H,6H2. The van der Waals surface area contributed by atoms with Crippen LogP contribution in [-0.2, 0) is 11.3 Å². The highest BCUT2D eigenvalue weighted by atomic mass is 16.6. The van der Waals surface area contributed by atoms with Crippen LogP contribution in [0.25, 0.3) is 10.9 Å². The van der Waals surface area contributed by atoms with Crippen molar-refractivity contribution in [3.05, 3.63) is 36.0 Å². The molecule has 2 heteroatoms. The van der Waals surface area contributed by atoms with Crippen LogP contribution < -0.4 is 0 Å². The van der Waals surface area contributed by atoms with Gasteiger partial charge in [-0.3, -0.25) is 0 Å². The van der Waals surface area contributed by atoms with E-state index in [2.05, 4.69) is 34.9 Å². The Hall–Kier alpha value is -1.28. The third-order valence-corrected chi connectivity index (χ3v) is 3.08. The van der Waals surface area contributed by atoms with Gasteiger partial charge < -0.3 is 9.30 Å². The summed E-state index contributed by atoms with van der Waals surface area (Å²) in [7, 11) is 0. The summed E-state index contributed by atoms with van der Waals surface area (Å²) in [6, 6.07) is 10.8. The topological polar surface area (TPSA) is 17.5 Å². The van der Waals surface area contributed by atoms with Gasteiger partial charge in [-0.15, -0.1) is 0 Å². The molecule has 0 aliphatic carbocycles. The molecule has 64 valence electrons. The molecule has 2 atom stereocenters. The molecule has 4 rings (SSSR count). The van der Waals surface area contributed by atoms with Gasteiger partial charge in [-0.1, -0.05) is 18.2 Å². The molecule has 2 unspecified atom stereocenters. The summed E-state index contributed by atoms with van der Waals surface area (Å²) in [6.45, 7) is 1.05. The van der Waals surface area contributed by atoms with Crippen molar-refractivity contribution in [3.8, 4) is 0 Å². The SMILES string of the molecule is c1ccc2c(c1)cc1n2CC2OC12. The van der Waals surface area contributed by atoms with E-state index in [-0.39, 0.29) is 0 Å². The zero-order chi connectivity index (χ0) is 8.41. The number of rotatable bonds is 0. The molecule has 1 fully saturated rings. The van der Waals surface area contributed by atoms with Crippen LogP contribution in [0.2, 0.25) is 0 Å². The lowest BCUT2D eigenvalue weighted by molar-refractivity contribution is 0.331. The maximum atomic E-state index is 5.49. The highest BCUT2D eigenvalue weighted by molar-refractivity contribution is 5.82. The van der Waals surface area contributed by atoms with Crippen molar-refractivity contribution in [2.75, 3.05) is 0 Å². The molecule has 0 amide bonds. The molecule has 13 heavy (non-hydrogen) atoms. The predicted octanol–water partition coefficient (Wildman–Crippen LogP) is 2.09. The fourth-order valence-electron chi connectivity index (χ4n) is 2.39. The van der Waals surface area contributed by atoms with Gasteiger partial charge in [0.15, 0.2) is 0 Å². The van der Waals surface area contributed by atoms with E-state index in [0.29, 0.717) is 12.2 Å². The lowest BCUT2D eigenvalue weighted by Gasteiger charge is -2.01. The molecular formula is C11H9NO. The van der Waals surface area contributed by atoms with E-state index in [9.17, 15) is 0 Å². The maximum Gasteiger partial charge on any atom is 0.126 e. The zero-order valence-electron chi connectivity index (χ0n) is 7.10. The van der Waals surface area contributed by atoms with E-state index in [0.717, 1.165) is 6.54 Å². The van der Waals surface area contributed by atoms with Crippen molar-refractivity contribution in [2.45, 2.75) is 18.8 Å². The Bertz CT molecular complexity index is 500. The molecule has 0 bridgehead atoms. The summed E-state index contributed by atoms with van der Waals surface area (Å²) in [4.78, 5) is 0. The molecule has 3 heterocycles. The minimum atomic E-state index is 0.410. The summed E-state index contributed by atoms with van der Waals surface area (Å²) in [5.41, 5.74) is 2.72. The zero-order valence-corrected chi connectivity index (χ0v) is 7.10. The van der Waals surface area contributed by atoms with Crippen LogP contribution in [0.4, 0.5) is 0 Å². The average Bonchev–Trinajstić information content (AvgIpc) is 2.68. The molecule has 2 aliphatic rings. The normalized spacial score (nSPS) is 28.9. The number of hydrogen-bond donors (Lipinski definition) is 0. The number of fused-ring (bicyclic) bond motifs is 5. The fourth-order valence-corrected chi connectivity index (χ4v) is 2.39. The Labute approximate surface area is 75.7 Å². The second-order valence-corrected chi connectivity index (χ2v) is 3.83. The van der Waals surface area contributed by atoms with Gasteiger partial charge in [-0.05, 0) is 17.5 Å². The first-order valence-electron chi connectivity index (χ1n) is 4.67. The number of ether oxygens (including phenoxy) is 1. The third-order valence-electron chi connectivity index (χ3n) is 3.08. The van der Waals surface area contributed by atoms with Gasteiger partial charge in [0.2, 0.25) is 0 Å². The number of para-hydroxylation sites is 1. The summed E-state index contributed by atoms with van der Waals surface area (Å²) in [5, 5.41) is 1.34. The molecule has 1 aromatic carbocycles. The van der Waals surface area contributed by atoms with Gasteiger partial charge in [-0.2, -0.15) is 0 Å². The minimum Gasteiger partial charge on any atom is -0.361 e. The van der Waals surface area contributed by atoms with E-state index in [1.807, 2.05) is 0 Å². The van der Waals surface area contributed by atoms with E-state index in [1.54, 1.807) is 0 Å². The van der Waals surface area contributed by atoms with E-state index < -0.39 is 0 Å². The van der Waals surface area contributed by atoms with E-state index in [1.165, 1.54) is 16.6 Å². The number of benzene rings is 1. The van der Waals surface area contributed by atoms with Crippen LogP contribution in [-0.4, -0.2) is 10.7 Å². The summed E-state index contributed by atoms with van der Waals surface area (Å²) < 4.78 is 7.87. The second-order valence-electron chi connectivity index (χ2n) is 3.83. The molecule has 1 aromatic heterocycles. The lowest BCUT2D eigenvalue weighted by Crippen LogP contribution is -1.98. The summed E-state index contributed by atoms with van der Waals surface area (Å²) in [6.07, 6.45) is 0.895. The van der Waals surface area contributed by atoms with Crippen molar-refractivity contribution < 1.29 is 4.74 Å². The Morgan fingerprint density at radius 1 is 1.31 bits per heavy atom. The van der Waals surface area contributed by atoms with Crippen LogP contribution in [0.5, 0.6) is 0 Å². The second kappa shape index (κ2) is 1.80. The van der Waals surface area contributed by atoms with Crippen molar-refractivity contribution in [2.24, 2.45) is 0 Å². The number of aromatic nitrogens is 1. The van der Waals surface area contributed by atoms with Gasteiger partial charge in [0.1, 0.15) is 12.2 Å². The number of nitrogens with zero attached hydrogens (tertiary/aromatic N) is 1. The first-order valence-corrected chi connectivity index (χ1v) is 4.67. The maximum absolute atomic E-state index is 5.49. The van der Waals surface area contributed by atoms with Gasteiger partial charge in [0, 0.05) is 5.52 Å². The van der Waals surface area contributed by atoms with Gasteiger partial charge in [0.25, 0.3) is 0 Å². The van der Waals surface area contributed by atoms with Crippen molar-refractivity contribution >= 4 is 10.9 Å². The first kappa shape index (κ1) is 6.22. The Morgan fingerprint density at radius 2 is 2.23 bits per heavy atom. The number of hydrogen-bond acceptors (Lipinski definition) is 1. The molecule has 0 radical (unpaired) electrons. The van der Waals surface area contributed by atoms with E-state index >= 15 is 0 Å². The molecule has 2 aromatic rings. The van der Waals surface area contributed by atoms with Crippen LogP contribution in [0, 0.1) is 0 Å². The van der Waals surface area contributed by atoms with Crippen LogP contribution >= 0.6 is 0 Å². The highest BCUT2D eigenvalue weighted by Gasteiger charge is 2.48. The van der Waals surface area contributed by atoms with Crippen molar-refractivity contribution in [1.29, 1.82) is 0 Å². The van der Waals surface area contributed by atoms with Crippen LogP contribution in [0.15, 0.2) is 30.3 Å². The molecule has 0 spiro atoms. The Balaban J connectivity index is 2.14. The number of epoxide rings is 1. The van der Waals surface area contributed by atoms with Crippen molar-refractivity contribution in [3.63, 3.8) is 0 Å². The molecular weight excluding hydrogens is 162 g/mol. The van der Waals surface area contributed by atoms with Crippen LogP contribution in [0.1, 0.15) is 11.8 Å². The quantitative estimate of drug-likeness (QED) is 0.555. The Morgan fingerprint density at radius 3 is 3.23 bits per heavy atom. The summed E-state index contributed by atoms with van der Waals surface area (Å²) in [5.74, 6) is 0. The summed E-state index contributed by atoms with van der Waals surface area (Å²) >= 11 is 0. The monoisotopic (exact) mass is 171 g/mol. The Kier molecular flexibility index (Phi) is 0.861. The predicted molar refractivity (Wildman–Crippen MR) is 49.6 cm³/mol. The first-order chi connectivity index (χ1) is 6.43.